The van der Waals surface area contributed by atoms with Crippen LogP contribution in [-0.4, -0.2) is 39.5 Å². The monoisotopic (exact) mass is 394 g/mol. The molecule has 2 atom stereocenters. The van der Waals surface area contributed by atoms with Crippen LogP contribution >= 0.6 is 0 Å². The van der Waals surface area contributed by atoms with E-state index < -0.39 is 12.1 Å². The zero-order valence-electron chi connectivity index (χ0n) is 17.0. The minimum atomic E-state index is -0.891. The summed E-state index contributed by atoms with van der Waals surface area (Å²) in [6.45, 7) is 6.81. The Bertz CT molecular complexity index is 984. The fraction of sp³-hybridized carbons (Fsp3) is 0.364. The van der Waals surface area contributed by atoms with Gasteiger partial charge in [0.15, 0.2) is 6.10 Å². The second kappa shape index (κ2) is 9.32. The summed E-state index contributed by atoms with van der Waals surface area (Å²) in [4.78, 5) is 24.8. The van der Waals surface area contributed by atoms with E-state index >= 15 is 0 Å². The third kappa shape index (κ3) is 4.80. The molecule has 29 heavy (non-hydrogen) atoms. The minimum absolute atomic E-state index is 0.214. The minimum Gasteiger partial charge on any atom is -0.449 e. The number of carbonyl (C=O) groups excluding carboxylic acids is 2. The van der Waals surface area contributed by atoms with Crippen LogP contribution < -0.4 is 5.32 Å². The van der Waals surface area contributed by atoms with Gasteiger partial charge in [-0.3, -0.25) is 4.79 Å². The molecule has 3 rings (SSSR count). The lowest BCUT2D eigenvalue weighted by Gasteiger charge is -2.18. The number of aryl methyl sites for hydroxylation is 1. The van der Waals surface area contributed by atoms with E-state index in [1.165, 1.54) is 5.56 Å². The van der Waals surface area contributed by atoms with Crippen molar-refractivity contribution in [2.45, 2.75) is 45.8 Å². The van der Waals surface area contributed by atoms with Gasteiger partial charge in [-0.2, -0.15) is 0 Å². The molecule has 7 heteroatoms. The largest absolute Gasteiger partial charge is 0.449 e. The number of hydrogen-bond donors (Lipinski definition) is 1. The van der Waals surface area contributed by atoms with Gasteiger partial charge in [0, 0.05) is 19.0 Å². The molecule has 0 radical (unpaired) electrons. The number of nitrogens with one attached hydrogen (secondary N) is 1. The molecule has 1 N–H and O–H groups in total. The average Bonchev–Trinajstić information content (AvgIpc) is 3.17. The summed E-state index contributed by atoms with van der Waals surface area (Å²) in [5.41, 5.74) is 2.98. The highest BCUT2D eigenvalue weighted by atomic mass is 16.5. The third-order valence-electron chi connectivity index (χ3n) is 4.99. The van der Waals surface area contributed by atoms with Crippen LogP contribution in [0.1, 0.15) is 49.0 Å². The number of rotatable bonds is 8. The molecule has 1 amide bonds. The first-order valence-corrected chi connectivity index (χ1v) is 9.90. The highest BCUT2D eigenvalue weighted by Gasteiger charge is 2.21. The molecule has 0 aliphatic rings. The van der Waals surface area contributed by atoms with Crippen molar-refractivity contribution in [1.82, 2.24) is 20.3 Å². The summed E-state index contributed by atoms with van der Waals surface area (Å²) >= 11 is 0. The van der Waals surface area contributed by atoms with Crippen LogP contribution in [0, 0.1) is 0 Å². The second-order valence-electron chi connectivity index (χ2n) is 6.92. The molecule has 0 fully saturated rings. The Kier molecular flexibility index (Phi) is 6.59. The molecule has 1 aromatic heterocycles. The zero-order chi connectivity index (χ0) is 20.8. The van der Waals surface area contributed by atoms with Gasteiger partial charge in [-0.05, 0) is 44.0 Å². The summed E-state index contributed by atoms with van der Waals surface area (Å²) in [5, 5.41) is 11.0. The Balaban J connectivity index is 1.58. The average molecular weight is 394 g/mol. The van der Waals surface area contributed by atoms with Crippen LogP contribution in [0.4, 0.5) is 0 Å². The number of ether oxygens (including phenoxy) is 1. The normalized spacial score (nSPS) is 13.1. The molecule has 7 nitrogen and oxygen atoms in total. The molecular formula is C22H26N4O3. The third-order valence-corrected chi connectivity index (χ3v) is 4.99. The van der Waals surface area contributed by atoms with Gasteiger partial charge in [0.25, 0.3) is 5.91 Å². The van der Waals surface area contributed by atoms with Crippen LogP contribution in [0.3, 0.4) is 0 Å². The number of benzene rings is 2. The Hall–Kier alpha value is -3.22. The quantitative estimate of drug-likeness (QED) is 0.593. The fourth-order valence-electron chi connectivity index (χ4n) is 3.21. The van der Waals surface area contributed by atoms with E-state index in [9.17, 15) is 9.59 Å². The maximum atomic E-state index is 12.4. The molecule has 0 spiro atoms. The summed E-state index contributed by atoms with van der Waals surface area (Å²) in [6, 6.07) is 15.1. The lowest BCUT2D eigenvalue weighted by molar-refractivity contribution is -0.129. The summed E-state index contributed by atoms with van der Waals surface area (Å²) < 4.78 is 7.09. The van der Waals surface area contributed by atoms with E-state index in [1.54, 1.807) is 29.8 Å². The fourth-order valence-corrected chi connectivity index (χ4v) is 3.21. The maximum absolute atomic E-state index is 12.4. The predicted octanol–water partition coefficient (Wildman–Crippen LogP) is 3.31. The van der Waals surface area contributed by atoms with Gasteiger partial charge in [-0.25, -0.2) is 9.48 Å². The van der Waals surface area contributed by atoms with E-state index in [2.05, 4.69) is 34.7 Å². The van der Waals surface area contributed by atoms with Crippen LogP contribution in [0.25, 0.3) is 11.0 Å². The number of nitrogens with zero attached hydrogens (tertiary/aromatic N) is 3. The Morgan fingerprint density at radius 3 is 2.59 bits per heavy atom. The van der Waals surface area contributed by atoms with E-state index in [-0.39, 0.29) is 11.8 Å². The zero-order valence-corrected chi connectivity index (χ0v) is 17.0. The van der Waals surface area contributed by atoms with Gasteiger partial charge < -0.3 is 10.1 Å². The van der Waals surface area contributed by atoms with Crippen molar-refractivity contribution in [1.29, 1.82) is 0 Å². The first-order valence-electron chi connectivity index (χ1n) is 9.90. The van der Waals surface area contributed by atoms with Crippen molar-refractivity contribution in [3.8, 4) is 0 Å². The number of carbonyl (C=O) groups is 2. The molecule has 3 aromatic rings. The Morgan fingerprint density at radius 2 is 1.90 bits per heavy atom. The molecular weight excluding hydrogens is 368 g/mol. The molecule has 152 valence electrons. The lowest BCUT2D eigenvalue weighted by Crippen LogP contribution is -2.38. The van der Waals surface area contributed by atoms with Crippen LogP contribution in [0.2, 0.25) is 0 Å². The molecule has 2 aromatic carbocycles. The number of amides is 1. The van der Waals surface area contributed by atoms with E-state index in [1.807, 2.05) is 25.1 Å². The van der Waals surface area contributed by atoms with Crippen molar-refractivity contribution in [3.63, 3.8) is 0 Å². The van der Waals surface area contributed by atoms with Gasteiger partial charge in [0.1, 0.15) is 5.52 Å². The topological polar surface area (TPSA) is 86.1 Å². The summed E-state index contributed by atoms with van der Waals surface area (Å²) in [6.07, 6.45) is 0.00880. The number of fused-ring (bicyclic) bond motifs is 1. The number of hydrogen-bond acceptors (Lipinski definition) is 5. The van der Waals surface area contributed by atoms with Crippen molar-refractivity contribution >= 4 is 22.9 Å². The van der Waals surface area contributed by atoms with Crippen LogP contribution in [0.5, 0.6) is 0 Å². The van der Waals surface area contributed by atoms with Gasteiger partial charge in [-0.1, -0.05) is 42.5 Å². The van der Waals surface area contributed by atoms with E-state index in [0.29, 0.717) is 24.2 Å². The van der Waals surface area contributed by atoms with Gasteiger partial charge in [0.2, 0.25) is 0 Å². The van der Waals surface area contributed by atoms with E-state index in [0.717, 1.165) is 11.9 Å². The smallest absolute Gasteiger partial charge is 0.338 e. The van der Waals surface area contributed by atoms with Gasteiger partial charge >= 0.3 is 5.97 Å². The summed E-state index contributed by atoms with van der Waals surface area (Å²) in [7, 11) is 0. The molecule has 0 unspecified atom stereocenters. The highest BCUT2D eigenvalue weighted by Crippen LogP contribution is 2.18. The molecule has 0 aliphatic heterocycles. The molecule has 1 heterocycles. The second-order valence-corrected chi connectivity index (χ2v) is 6.92. The molecule has 0 aliphatic carbocycles. The highest BCUT2D eigenvalue weighted by molar-refractivity contribution is 5.95. The van der Waals surface area contributed by atoms with Gasteiger partial charge in [0.05, 0.1) is 11.1 Å². The molecule has 0 saturated carbocycles. The SMILES string of the molecule is CC[C@H](CNC(=O)[C@H](C)OC(=O)c1ccc2c(c1)nnn2CC)c1ccccc1. The molecule has 0 saturated heterocycles. The van der Waals surface area contributed by atoms with Crippen molar-refractivity contribution in [3.05, 3.63) is 59.7 Å². The van der Waals surface area contributed by atoms with E-state index in [4.69, 9.17) is 4.74 Å². The standard InChI is InChI=1S/C22H26N4O3/c1-4-16(17-9-7-6-8-10-17)14-23-21(27)15(3)29-22(28)18-11-12-20-19(13-18)24-25-26(20)5-2/h6-13,15-16H,4-5,14H2,1-3H3,(H,23,27)/t15-,16+/m0/s1. The first-order chi connectivity index (χ1) is 14.0. The lowest BCUT2D eigenvalue weighted by atomic mass is 9.96. The Morgan fingerprint density at radius 1 is 1.14 bits per heavy atom. The van der Waals surface area contributed by atoms with Crippen molar-refractivity contribution < 1.29 is 14.3 Å². The van der Waals surface area contributed by atoms with Gasteiger partial charge in [-0.15, -0.1) is 5.10 Å². The maximum Gasteiger partial charge on any atom is 0.338 e. The number of aromatic nitrogens is 3. The predicted molar refractivity (Wildman–Crippen MR) is 111 cm³/mol. The van der Waals surface area contributed by atoms with Crippen molar-refractivity contribution in [2.24, 2.45) is 0 Å². The van der Waals surface area contributed by atoms with Crippen LogP contribution in [-0.2, 0) is 16.1 Å². The molecule has 0 bridgehead atoms. The Labute approximate surface area is 170 Å². The van der Waals surface area contributed by atoms with Crippen LogP contribution in [0.15, 0.2) is 48.5 Å². The summed E-state index contributed by atoms with van der Waals surface area (Å²) in [5.74, 6) is -0.659. The number of esters is 1. The first kappa shape index (κ1) is 20.5. The van der Waals surface area contributed by atoms with Crippen molar-refractivity contribution in [2.75, 3.05) is 6.54 Å².